The Kier molecular flexibility index (Phi) is 3.15. The zero-order valence-corrected chi connectivity index (χ0v) is 8.64. The standard InChI is InChI=1S/C10H11NO2S/c1-3-7-11-9-5-4-6-10(8-9)14(2,12)13/h1,4-6,8,11H,7H2,2H3. The first-order valence-corrected chi connectivity index (χ1v) is 5.90. The summed E-state index contributed by atoms with van der Waals surface area (Å²) < 4.78 is 22.4. The average molecular weight is 209 g/mol. The van der Waals surface area contributed by atoms with Crippen molar-refractivity contribution >= 4 is 15.5 Å². The average Bonchev–Trinajstić information content (AvgIpc) is 2.14. The van der Waals surface area contributed by atoms with Crippen LogP contribution in [0.2, 0.25) is 0 Å². The van der Waals surface area contributed by atoms with Gasteiger partial charge in [0.15, 0.2) is 9.84 Å². The number of benzene rings is 1. The van der Waals surface area contributed by atoms with Gasteiger partial charge in [-0.2, -0.15) is 0 Å². The molecular formula is C10H11NO2S. The summed E-state index contributed by atoms with van der Waals surface area (Å²) in [5, 5.41) is 2.91. The van der Waals surface area contributed by atoms with Gasteiger partial charge in [-0.1, -0.05) is 12.0 Å². The maximum absolute atomic E-state index is 11.2. The molecule has 0 saturated carbocycles. The molecule has 0 heterocycles. The highest BCUT2D eigenvalue weighted by Crippen LogP contribution is 2.14. The van der Waals surface area contributed by atoms with E-state index >= 15 is 0 Å². The first-order chi connectivity index (χ1) is 6.54. The maximum atomic E-state index is 11.2. The lowest BCUT2D eigenvalue weighted by molar-refractivity contribution is 0.602. The molecule has 0 atom stereocenters. The molecular weight excluding hydrogens is 198 g/mol. The third-order valence-corrected chi connectivity index (χ3v) is 2.77. The first kappa shape index (κ1) is 10.6. The van der Waals surface area contributed by atoms with Crippen molar-refractivity contribution in [3.63, 3.8) is 0 Å². The van der Waals surface area contributed by atoms with E-state index in [1.165, 1.54) is 6.26 Å². The van der Waals surface area contributed by atoms with Crippen LogP contribution in [-0.2, 0) is 9.84 Å². The molecule has 0 aliphatic heterocycles. The number of sulfone groups is 1. The van der Waals surface area contributed by atoms with Gasteiger partial charge in [-0.3, -0.25) is 0 Å². The topological polar surface area (TPSA) is 46.2 Å². The molecule has 0 aliphatic rings. The minimum Gasteiger partial charge on any atom is -0.374 e. The van der Waals surface area contributed by atoms with Gasteiger partial charge in [0.05, 0.1) is 11.4 Å². The highest BCUT2D eigenvalue weighted by Gasteiger charge is 2.06. The van der Waals surface area contributed by atoms with Crippen LogP contribution in [-0.4, -0.2) is 21.2 Å². The second-order valence-corrected chi connectivity index (χ2v) is 4.87. The van der Waals surface area contributed by atoms with E-state index in [0.717, 1.165) is 0 Å². The Labute approximate surface area is 84.1 Å². The molecule has 0 aromatic heterocycles. The van der Waals surface area contributed by atoms with E-state index < -0.39 is 9.84 Å². The molecule has 0 amide bonds. The molecule has 0 saturated heterocycles. The zero-order chi connectivity index (χ0) is 10.6. The number of nitrogens with one attached hydrogen (secondary N) is 1. The Balaban J connectivity index is 2.97. The quantitative estimate of drug-likeness (QED) is 0.759. The Morgan fingerprint density at radius 3 is 2.79 bits per heavy atom. The Hall–Kier alpha value is -1.47. The molecule has 1 rings (SSSR count). The van der Waals surface area contributed by atoms with E-state index in [-0.39, 0.29) is 0 Å². The third-order valence-electron chi connectivity index (χ3n) is 1.66. The molecule has 0 radical (unpaired) electrons. The van der Waals surface area contributed by atoms with Crippen molar-refractivity contribution in [2.45, 2.75) is 4.90 Å². The number of hydrogen-bond acceptors (Lipinski definition) is 3. The fraction of sp³-hybridized carbons (Fsp3) is 0.200. The van der Waals surface area contributed by atoms with Crippen LogP contribution in [0.25, 0.3) is 0 Å². The van der Waals surface area contributed by atoms with Gasteiger partial charge in [0.25, 0.3) is 0 Å². The van der Waals surface area contributed by atoms with Crippen molar-refractivity contribution in [3.8, 4) is 12.3 Å². The molecule has 74 valence electrons. The summed E-state index contributed by atoms with van der Waals surface area (Å²) in [5.74, 6) is 2.41. The smallest absolute Gasteiger partial charge is 0.175 e. The molecule has 1 N–H and O–H groups in total. The number of rotatable bonds is 3. The summed E-state index contributed by atoms with van der Waals surface area (Å²) in [6, 6.07) is 6.56. The predicted octanol–water partition coefficient (Wildman–Crippen LogP) is 1.14. The number of terminal acetylenes is 1. The van der Waals surface area contributed by atoms with Gasteiger partial charge in [-0.15, -0.1) is 6.42 Å². The van der Waals surface area contributed by atoms with Gasteiger partial charge in [0, 0.05) is 11.9 Å². The van der Waals surface area contributed by atoms with Gasteiger partial charge >= 0.3 is 0 Å². The lowest BCUT2D eigenvalue weighted by atomic mass is 10.3. The molecule has 0 fully saturated rings. The summed E-state index contributed by atoms with van der Waals surface area (Å²) >= 11 is 0. The van der Waals surface area contributed by atoms with Crippen LogP contribution >= 0.6 is 0 Å². The van der Waals surface area contributed by atoms with Crippen LogP contribution in [0.3, 0.4) is 0 Å². The Bertz CT molecular complexity index is 457. The highest BCUT2D eigenvalue weighted by molar-refractivity contribution is 7.90. The zero-order valence-electron chi connectivity index (χ0n) is 7.82. The van der Waals surface area contributed by atoms with Crippen LogP contribution in [0, 0.1) is 12.3 Å². The Morgan fingerprint density at radius 1 is 1.50 bits per heavy atom. The molecule has 0 unspecified atom stereocenters. The first-order valence-electron chi connectivity index (χ1n) is 4.01. The van der Waals surface area contributed by atoms with Crippen molar-refractivity contribution in [2.75, 3.05) is 18.1 Å². The second-order valence-electron chi connectivity index (χ2n) is 2.86. The van der Waals surface area contributed by atoms with Crippen molar-refractivity contribution in [1.29, 1.82) is 0 Å². The summed E-state index contributed by atoms with van der Waals surface area (Å²) in [7, 11) is -3.14. The summed E-state index contributed by atoms with van der Waals surface area (Å²) in [4.78, 5) is 0.291. The van der Waals surface area contributed by atoms with Gasteiger partial charge in [-0.05, 0) is 18.2 Å². The molecule has 1 aromatic rings. The minimum absolute atomic E-state index is 0.291. The van der Waals surface area contributed by atoms with Gasteiger partial charge in [-0.25, -0.2) is 8.42 Å². The van der Waals surface area contributed by atoms with Gasteiger partial charge in [0.1, 0.15) is 0 Å². The van der Waals surface area contributed by atoms with Crippen molar-refractivity contribution < 1.29 is 8.42 Å². The van der Waals surface area contributed by atoms with Crippen LogP contribution in [0.5, 0.6) is 0 Å². The normalized spacial score (nSPS) is 10.6. The highest BCUT2D eigenvalue weighted by atomic mass is 32.2. The summed E-state index contributed by atoms with van der Waals surface area (Å²) in [6.45, 7) is 0.382. The lowest BCUT2D eigenvalue weighted by Gasteiger charge is -2.04. The van der Waals surface area contributed by atoms with E-state index in [9.17, 15) is 8.42 Å². The monoisotopic (exact) mass is 209 g/mol. The predicted molar refractivity (Wildman–Crippen MR) is 56.9 cm³/mol. The summed E-state index contributed by atoms with van der Waals surface area (Å²) in [6.07, 6.45) is 6.24. The van der Waals surface area contributed by atoms with Crippen LogP contribution < -0.4 is 5.32 Å². The van der Waals surface area contributed by atoms with E-state index in [1.54, 1.807) is 24.3 Å². The molecule has 0 aliphatic carbocycles. The fourth-order valence-corrected chi connectivity index (χ4v) is 1.66. The molecule has 1 aromatic carbocycles. The largest absolute Gasteiger partial charge is 0.374 e. The molecule has 0 spiro atoms. The van der Waals surface area contributed by atoms with Crippen molar-refractivity contribution in [2.24, 2.45) is 0 Å². The maximum Gasteiger partial charge on any atom is 0.175 e. The van der Waals surface area contributed by atoms with Crippen LogP contribution in [0.15, 0.2) is 29.2 Å². The van der Waals surface area contributed by atoms with Gasteiger partial charge in [0.2, 0.25) is 0 Å². The fourth-order valence-electron chi connectivity index (χ4n) is 0.990. The number of hydrogen-bond donors (Lipinski definition) is 1. The summed E-state index contributed by atoms with van der Waals surface area (Å²) in [5.41, 5.74) is 0.714. The van der Waals surface area contributed by atoms with Crippen LogP contribution in [0.4, 0.5) is 5.69 Å². The van der Waals surface area contributed by atoms with Crippen molar-refractivity contribution in [1.82, 2.24) is 0 Å². The van der Waals surface area contributed by atoms with E-state index in [2.05, 4.69) is 11.2 Å². The third kappa shape index (κ3) is 2.79. The molecule has 4 heteroatoms. The molecule has 3 nitrogen and oxygen atoms in total. The van der Waals surface area contributed by atoms with Gasteiger partial charge < -0.3 is 5.32 Å². The van der Waals surface area contributed by atoms with E-state index in [0.29, 0.717) is 17.1 Å². The van der Waals surface area contributed by atoms with Crippen molar-refractivity contribution in [3.05, 3.63) is 24.3 Å². The van der Waals surface area contributed by atoms with Crippen LogP contribution in [0.1, 0.15) is 0 Å². The lowest BCUT2D eigenvalue weighted by Crippen LogP contribution is -2.01. The Morgan fingerprint density at radius 2 is 2.21 bits per heavy atom. The molecule has 14 heavy (non-hydrogen) atoms. The second kappa shape index (κ2) is 4.16. The van der Waals surface area contributed by atoms with E-state index in [1.807, 2.05) is 0 Å². The number of anilines is 1. The minimum atomic E-state index is -3.14. The molecule has 0 bridgehead atoms. The van der Waals surface area contributed by atoms with E-state index in [4.69, 9.17) is 6.42 Å². The SMILES string of the molecule is C#CCNc1cccc(S(C)(=O)=O)c1.